The fourth-order valence-corrected chi connectivity index (χ4v) is 3.38. The van der Waals surface area contributed by atoms with Gasteiger partial charge in [0, 0.05) is 17.1 Å². The van der Waals surface area contributed by atoms with E-state index < -0.39 is 0 Å². The lowest BCUT2D eigenvalue weighted by atomic mass is 10.1. The van der Waals surface area contributed by atoms with Crippen LogP contribution in [0.1, 0.15) is 30.1 Å². The fourth-order valence-electron chi connectivity index (χ4n) is 2.95. The maximum Gasteiger partial charge on any atom is 0.255 e. The molecule has 0 aliphatic carbocycles. The number of hydrogen-bond donors (Lipinski definition) is 1. The van der Waals surface area contributed by atoms with Crippen LogP contribution in [0.2, 0.25) is 0 Å². The van der Waals surface area contributed by atoms with Crippen molar-refractivity contribution in [2.75, 3.05) is 33.9 Å². The molecule has 1 aliphatic heterocycles. The van der Waals surface area contributed by atoms with Gasteiger partial charge < -0.3 is 14.8 Å². The Kier molecular flexibility index (Phi) is 8.36. The zero-order valence-electron chi connectivity index (χ0n) is 13.7. The van der Waals surface area contributed by atoms with Gasteiger partial charge in [-0.15, -0.1) is 17.0 Å². The minimum absolute atomic E-state index is 0. The number of hydrogen-bond acceptors (Lipinski definition) is 4. The van der Waals surface area contributed by atoms with Crippen LogP contribution in [0.25, 0.3) is 0 Å². The van der Waals surface area contributed by atoms with E-state index in [0.717, 1.165) is 24.0 Å². The molecule has 2 rings (SSSR count). The summed E-state index contributed by atoms with van der Waals surface area (Å²) in [4.78, 5) is 14.9. The van der Waals surface area contributed by atoms with Gasteiger partial charge in [-0.2, -0.15) is 0 Å². The molecule has 0 radical (unpaired) electrons. The van der Waals surface area contributed by atoms with Crippen LogP contribution in [0.5, 0.6) is 11.5 Å². The van der Waals surface area contributed by atoms with Gasteiger partial charge >= 0.3 is 0 Å². The van der Waals surface area contributed by atoms with Crippen LogP contribution in [0, 0.1) is 0 Å². The minimum atomic E-state index is -0.139. The number of ether oxygens (including phenoxy) is 2. The minimum Gasteiger partial charge on any atom is -0.493 e. The molecule has 1 saturated heterocycles. The number of amides is 1. The number of benzene rings is 1. The van der Waals surface area contributed by atoms with Crippen molar-refractivity contribution in [3.8, 4) is 11.5 Å². The van der Waals surface area contributed by atoms with E-state index in [1.165, 1.54) is 6.42 Å². The molecule has 1 amide bonds. The molecule has 1 aromatic carbocycles. The van der Waals surface area contributed by atoms with E-state index in [1.807, 2.05) is 0 Å². The third kappa shape index (κ3) is 4.84. The van der Waals surface area contributed by atoms with Crippen LogP contribution >= 0.6 is 32.9 Å². The lowest BCUT2D eigenvalue weighted by Crippen LogP contribution is -2.40. The second kappa shape index (κ2) is 9.49. The Morgan fingerprint density at radius 1 is 1.39 bits per heavy atom. The predicted octanol–water partition coefficient (Wildman–Crippen LogP) is 3.26. The number of carbonyl (C=O) groups excluding carboxylic acids is 1. The zero-order valence-corrected chi connectivity index (χ0v) is 17.0. The monoisotopic (exact) mass is 450 g/mol. The molecule has 7 heteroatoms. The number of nitrogens with one attached hydrogen (secondary N) is 1. The summed E-state index contributed by atoms with van der Waals surface area (Å²) in [7, 11) is 3.10. The summed E-state index contributed by atoms with van der Waals surface area (Å²) < 4.78 is 11.4. The van der Waals surface area contributed by atoms with Gasteiger partial charge in [-0.25, -0.2) is 0 Å². The first-order valence-corrected chi connectivity index (χ1v) is 8.33. The van der Waals surface area contributed by atoms with Crippen LogP contribution in [0.4, 0.5) is 0 Å². The van der Waals surface area contributed by atoms with Crippen LogP contribution in [0.3, 0.4) is 0 Å². The maximum absolute atomic E-state index is 12.5. The van der Waals surface area contributed by atoms with Crippen molar-refractivity contribution in [1.82, 2.24) is 10.2 Å². The molecule has 1 atom stereocenters. The Morgan fingerprint density at radius 2 is 2.13 bits per heavy atom. The summed E-state index contributed by atoms with van der Waals surface area (Å²) in [6, 6.07) is 3.96. The molecule has 130 valence electrons. The summed E-state index contributed by atoms with van der Waals surface area (Å²) in [5.74, 6) is 0.861. The summed E-state index contributed by atoms with van der Waals surface area (Å²) in [5, 5.41) is 3.02. The molecule has 1 aromatic rings. The quantitative estimate of drug-likeness (QED) is 0.721. The summed E-state index contributed by atoms with van der Waals surface area (Å²) in [6.07, 6.45) is 2.33. The Labute approximate surface area is 156 Å². The van der Waals surface area contributed by atoms with Crippen LogP contribution < -0.4 is 14.8 Å². The zero-order chi connectivity index (χ0) is 16.1. The number of methoxy groups -OCH3 is 2. The van der Waals surface area contributed by atoms with E-state index in [2.05, 4.69) is 33.1 Å². The number of halogens is 2. The van der Waals surface area contributed by atoms with Crippen molar-refractivity contribution in [2.45, 2.75) is 25.8 Å². The lowest BCUT2D eigenvalue weighted by molar-refractivity contribution is 0.0937. The van der Waals surface area contributed by atoms with Gasteiger partial charge in [-0.1, -0.05) is 22.9 Å². The number of nitrogens with zero attached hydrogens (tertiary/aromatic N) is 1. The number of rotatable bonds is 6. The smallest absolute Gasteiger partial charge is 0.255 e. The highest BCUT2D eigenvalue weighted by Crippen LogP contribution is 2.34. The van der Waals surface area contributed by atoms with E-state index in [1.54, 1.807) is 26.4 Å². The molecule has 23 heavy (non-hydrogen) atoms. The molecule has 1 heterocycles. The molecule has 0 unspecified atom stereocenters. The van der Waals surface area contributed by atoms with Crippen molar-refractivity contribution in [3.63, 3.8) is 0 Å². The molecule has 5 nitrogen and oxygen atoms in total. The van der Waals surface area contributed by atoms with Gasteiger partial charge in [-0.05, 0) is 38.1 Å². The van der Waals surface area contributed by atoms with Crippen molar-refractivity contribution >= 4 is 38.8 Å². The van der Waals surface area contributed by atoms with E-state index >= 15 is 0 Å². The van der Waals surface area contributed by atoms with Gasteiger partial charge in [-0.3, -0.25) is 9.69 Å². The normalized spacial score (nSPS) is 17.5. The number of carbonyl (C=O) groups is 1. The molecular formula is C16H24Br2N2O3. The molecule has 0 bridgehead atoms. The van der Waals surface area contributed by atoms with Gasteiger partial charge in [0.1, 0.15) is 0 Å². The average Bonchev–Trinajstić information content (AvgIpc) is 2.99. The van der Waals surface area contributed by atoms with E-state index in [0.29, 0.717) is 29.6 Å². The molecule has 1 fully saturated rings. The van der Waals surface area contributed by atoms with E-state index in [-0.39, 0.29) is 22.9 Å². The highest BCUT2D eigenvalue weighted by Gasteiger charge is 2.24. The largest absolute Gasteiger partial charge is 0.493 e. The predicted molar refractivity (Wildman–Crippen MR) is 100 cm³/mol. The van der Waals surface area contributed by atoms with Crippen molar-refractivity contribution in [2.24, 2.45) is 0 Å². The second-order valence-corrected chi connectivity index (χ2v) is 6.24. The maximum atomic E-state index is 12.5. The van der Waals surface area contributed by atoms with E-state index in [9.17, 15) is 4.79 Å². The second-order valence-electron chi connectivity index (χ2n) is 5.32. The summed E-state index contributed by atoms with van der Waals surface area (Å²) in [6.45, 7) is 4.95. The van der Waals surface area contributed by atoms with Crippen molar-refractivity contribution < 1.29 is 14.3 Å². The van der Waals surface area contributed by atoms with Gasteiger partial charge in [0.15, 0.2) is 11.5 Å². The molecule has 1 aliphatic rings. The Bertz CT molecular complexity index is 540. The third-order valence-corrected chi connectivity index (χ3v) is 4.55. The van der Waals surface area contributed by atoms with Crippen LogP contribution in [-0.2, 0) is 0 Å². The molecule has 0 spiro atoms. The van der Waals surface area contributed by atoms with E-state index in [4.69, 9.17) is 9.47 Å². The van der Waals surface area contributed by atoms with Gasteiger partial charge in [0.05, 0.1) is 19.8 Å². The van der Waals surface area contributed by atoms with Gasteiger partial charge in [0.25, 0.3) is 5.91 Å². The number of likely N-dealkylation sites (tertiary alicyclic amines) is 1. The van der Waals surface area contributed by atoms with Crippen molar-refractivity contribution in [1.29, 1.82) is 0 Å². The van der Waals surface area contributed by atoms with Crippen molar-refractivity contribution in [3.05, 3.63) is 22.2 Å². The van der Waals surface area contributed by atoms with Crippen LogP contribution in [-0.4, -0.2) is 50.7 Å². The standard InChI is InChI=1S/C16H23BrN2O3.BrH/c1-4-19-7-5-6-12(19)10-18-16(20)13-8-11(17)9-14(21-2)15(13)22-3;/h8-9,12H,4-7,10H2,1-3H3,(H,18,20);1H/t12-;/m1./s1. The fraction of sp³-hybridized carbons (Fsp3) is 0.562. The summed E-state index contributed by atoms with van der Waals surface area (Å²) in [5.41, 5.74) is 0.481. The van der Waals surface area contributed by atoms with Gasteiger partial charge in [0.2, 0.25) is 0 Å². The summed E-state index contributed by atoms with van der Waals surface area (Å²) >= 11 is 3.40. The Balaban J connectivity index is 0.00000264. The first-order valence-electron chi connectivity index (χ1n) is 7.54. The SMILES string of the molecule is Br.CCN1CCC[C@@H]1CNC(=O)c1cc(Br)cc(OC)c1OC. The Morgan fingerprint density at radius 3 is 2.74 bits per heavy atom. The first kappa shape index (κ1) is 20.3. The lowest BCUT2D eigenvalue weighted by Gasteiger charge is -2.23. The molecule has 1 N–H and O–H groups in total. The average molecular weight is 452 g/mol. The molecule has 0 saturated carbocycles. The molecule has 0 aromatic heterocycles. The first-order chi connectivity index (χ1) is 10.6. The number of likely N-dealkylation sites (N-methyl/N-ethyl adjacent to an activating group) is 1. The third-order valence-electron chi connectivity index (χ3n) is 4.09. The highest BCUT2D eigenvalue weighted by molar-refractivity contribution is 9.10. The highest BCUT2D eigenvalue weighted by atomic mass is 79.9. The Hall–Kier alpha value is -0.790. The molecular weight excluding hydrogens is 428 g/mol. The topological polar surface area (TPSA) is 50.8 Å². The van der Waals surface area contributed by atoms with Crippen LogP contribution in [0.15, 0.2) is 16.6 Å².